The Bertz CT molecular complexity index is 533. The molecule has 100 valence electrons. The topological polar surface area (TPSA) is 46.2 Å². The molecule has 1 aliphatic rings. The van der Waals surface area contributed by atoms with E-state index in [1.54, 1.807) is 0 Å². The second kappa shape index (κ2) is 4.55. The molecule has 2 rings (SSSR count). The van der Waals surface area contributed by atoms with Crippen LogP contribution >= 0.6 is 0 Å². The Kier molecular flexibility index (Phi) is 3.37. The van der Waals surface area contributed by atoms with Crippen molar-refractivity contribution < 1.29 is 21.6 Å². The van der Waals surface area contributed by atoms with Gasteiger partial charge in [-0.15, -0.1) is 0 Å². The van der Waals surface area contributed by atoms with Crippen LogP contribution in [0, 0.1) is 0 Å². The lowest BCUT2D eigenvalue weighted by molar-refractivity contribution is -0.137. The number of rotatable bonds is 2. The first-order valence-corrected chi connectivity index (χ1v) is 6.98. The van der Waals surface area contributed by atoms with Gasteiger partial charge in [0.05, 0.1) is 15.7 Å². The van der Waals surface area contributed by atoms with Gasteiger partial charge in [-0.2, -0.15) is 13.2 Å². The monoisotopic (exact) mass is 279 g/mol. The van der Waals surface area contributed by atoms with Crippen molar-refractivity contribution in [1.82, 2.24) is 5.32 Å². The summed E-state index contributed by atoms with van der Waals surface area (Å²) in [6.07, 6.45) is -4.10. The van der Waals surface area contributed by atoms with Crippen LogP contribution in [0.15, 0.2) is 29.2 Å². The zero-order valence-corrected chi connectivity index (χ0v) is 10.2. The molecular weight excluding hydrogens is 267 g/mol. The van der Waals surface area contributed by atoms with Crippen molar-refractivity contribution in [2.45, 2.75) is 22.7 Å². The van der Waals surface area contributed by atoms with Gasteiger partial charge < -0.3 is 5.32 Å². The Morgan fingerprint density at radius 1 is 1.28 bits per heavy atom. The maximum atomic E-state index is 12.5. The Morgan fingerprint density at radius 3 is 2.56 bits per heavy atom. The van der Waals surface area contributed by atoms with E-state index in [4.69, 9.17) is 0 Å². The number of hydrogen-bond donors (Lipinski definition) is 1. The first-order chi connectivity index (χ1) is 8.32. The second-order valence-corrected chi connectivity index (χ2v) is 6.41. The molecule has 7 heteroatoms. The molecule has 1 heterocycles. The Morgan fingerprint density at radius 2 is 2.00 bits per heavy atom. The smallest absolute Gasteiger partial charge is 0.315 e. The number of sulfone groups is 1. The minimum Gasteiger partial charge on any atom is -0.315 e. The van der Waals surface area contributed by atoms with E-state index < -0.39 is 26.8 Å². The summed E-state index contributed by atoms with van der Waals surface area (Å²) in [6, 6.07) is 3.90. The molecule has 0 saturated carbocycles. The van der Waals surface area contributed by atoms with Crippen molar-refractivity contribution in [2.24, 2.45) is 0 Å². The lowest BCUT2D eigenvalue weighted by atomic mass is 10.2. The quantitative estimate of drug-likeness (QED) is 0.898. The fourth-order valence-corrected chi connectivity index (χ4v) is 3.64. The van der Waals surface area contributed by atoms with Gasteiger partial charge in [-0.3, -0.25) is 0 Å². The summed E-state index contributed by atoms with van der Waals surface area (Å²) in [5.74, 6) is 0. The van der Waals surface area contributed by atoms with Crippen LogP contribution in [0.3, 0.4) is 0 Å². The predicted molar refractivity (Wildman–Crippen MR) is 59.9 cm³/mol. The molecule has 1 atom stereocenters. The average molecular weight is 279 g/mol. The molecule has 1 aromatic carbocycles. The first-order valence-electron chi connectivity index (χ1n) is 5.44. The van der Waals surface area contributed by atoms with Crippen LogP contribution in [0.25, 0.3) is 0 Å². The molecule has 18 heavy (non-hydrogen) atoms. The average Bonchev–Trinajstić information content (AvgIpc) is 2.82. The predicted octanol–water partition coefficient (Wildman–Crippen LogP) is 1.84. The van der Waals surface area contributed by atoms with Gasteiger partial charge in [0.2, 0.25) is 0 Å². The van der Waals surface area contributed by atoms with Gasteiger partial charge in [0.1, 0.15) is 0 Å². The van der Waals surface area contributed by atoms with Crippen molar-refractivity contribution >= 4 is 9.84 Å². The summed E-state index contributed by atoms with van der Waals surface area (Å²) in [4.78, 5) is -0.258. The van der Waals surface area contributed by atoms with Gasteiger partial charge >= 0.3 is 6.18 Å². The highest BCUT2D eigenvalue weighted by Gasteiger charge is 2.34. The highest BCUT2D eigenvalue weighted by atomic mass is 32.2. The summed E-state index contributed by atoms with van der Waals surface area (Å²) in [6.45, 7) is 0.863. The van der Waals surface area contributed by atoms with Gasteiger partial charge in [0.15, 0.2) is 9.84 Å². The fourth-order valence-electron chi connectivity index (χ4n) is 1.93. The minimum atomic E-state index is -4.53. The Balaban J connectivity index is 2.39. The summed E-state index contributed by atoms with van der Waals surface area (Å²) < 4.78 is 61.8. The summed E-state index contributed by atoms with van der Waals surface area (Å²) in [5.41, 5.74) is -0.936. The van der Waals surface area contributed by atoms with E-state index in [1.807, 2.05) is 0 Å². The summed E-state index contributed by atoms with van der Waals surface area (Å²) >= 11 is 0. The third-order valence-corrected chi connectivity index (χ3v) is 5.13. The standard InChI is InChI=1S/C11H12F3NO2S/c12-11(13,14)8-2-1-3-9(6-8)18(16,17)10-4-5-15-7-10/h1-3,6,10,15H,4-5,7H2. The SMILES string of the molecule is O=S(=O)(c1cccc(C(F)(F)F)c1)C1CCNC1. The molecule has 1 aliphatic heterocycles. The molecule has 0 bridgehead atoms. The number of halogens is 3. The molecule has 1 unspecified atom stereocenters. The van der Waals surface area contributed by atoms with Crippen LogP contribution in [0.1, 0.15) is 12.0 Å². The highest BCUT2D eigenvalue weighted by Crippen LogP contribution is 2.31. The second-order valence-electron chi connectivity index (χ2n) is 4.19. The van der Waals surface area contributed by atoms with Crippen molar-refractivity contribution in [1.29, 1.82) is 0 Å². The molecule has 0 amide bonds. The molecule has 0 spiro atoms. The van der Waals surface area contributed by atoms with Gasteiger partial charge in [-0.05, 0) is 31.2 Å². The largest absolute Gasteiger partial charge is 0.416 e. The van der Waals surface area contributed by atoms with Crippen LogP contribution in [0.5, 0.6) is 0 Å². The maximum Gasteiger partial charge on any atom is 0.416 e. The fraction of sp³-hybridized carbons (Fsp3) is 0.455. The van der Waals surface area contributed by atoms with Crippen LogP contribution in [0.4, 0.5) is 13.2 Å². The normalized spacial score (nSPS) is 21.2. The van der Waals surface area contributed by atoms with Gasteiger partial charge in [-0.25, -0.2) is 8.42 Å². The Labute approximate surface area is 103 Å². The minimum absolute atomic E-state index is 0.258. The van der Waals surface area contributed by atoms with E-state index in [1.165, 1.54) is 6.07 Å². The van der Waals surface area contributed by atoms with Crippen molar-refractivity contribution in [3.63, 3.8) is 0 Å². The lowest BCUT2D eigenvalue weighted by Crippen LogP contribution is -2.24. The third kappa shape index (κ3) is 2.51. The molecule has 1 aromatic rings. The maximum absolute atomic E-state index is 12.5. The lowest BCUT2D eigenvalue weighted by Gasteiger charge is -2.12. The van der Waals surface area contributed by atoms with Gasteiger partial charge in [-0.1, -0.05) is 6.07 Å². The van der Waals surface area contributed by atoms with E-state index in [0.717, 1.165) is 12.1 Å². The van der Waals surface area contributed by atoms with E-state index in [-0.39, 0.29) is 4.90 Å². The van der Waals surface area contributed by atoms with E-state index >= 15 is 0 Å². The van der Waals surface area contributed by atoms with E-state index in [2.05, 4.69) is 5.32 Å². The van der Waals surface area contributed by atoms with E-state index in [9.17, 15) is 21.6 Å². The molecular formula is C11H12F3NO2S. The molecule has 1 N–H and O–H groups in total. The zero-order chi connectivity index (χ0) is 13.4. The van der Waals surface area contributed by atoms with Crippen molar-refractivity contribution in [3.05, 3.63) is 29.8 Å². The first kappa shape index (κ1) is 13.4. The van der Waals surface area contributed by atoms with Crippen LogP contribution in [0.2, 0.25) is 0 Å². The molecule has 0 aromatic heterocycles. The number of nitrogens with one attached hydrogen (secondary N) is 1. The molecule has 3 nitrogen and oxygen atoms in total. The van der Waals surface area contributed by atoms with Gasteiger partial charge in [0, 0.05) is 6.54 Å². The van der Waals surface area contributed by atoms with E-state index in [0.29, 0.717) is 25.6 Å². The molecule has 1 saturated heterocycles. The number of benzene rings is 1. The summed E-state index contributed by atoms with van der Waals surface area (Å²) in [7, 11) is -3.68. The molecule has 0 aliphatic carbocycles. The molecule has 1 fully saturated rings. The van der Waals surface area contributed by atoms with Crippen molar-refractivity contribution in [3.8, 4) is 0 Å². The van der Waals surface area contributed by atoms with Gasteiger partial charge in [0.25, 0.3) is 0 Å². The third-order valence-electron chi connectivity index (χ3n) is 2.94. The summed E-state index contributed by atoms with van der Waals surface area (Å²) in [5, 5.41) is 2.25. The van der Waals surface area contributed by atoms with Crippen LogP contribution < -0.4 is 5.32 Å². The highest BCUT2D eigenvalue weighted by molar-refractivity contribution is 7.92. The Hall–Kier alpha value is -1.08. The number of alkyl halides is 3. The number of hydrogen-bond acceptors (Lipinski definition) is 3. The van der Waals surface area contributed by atoms with Crippen LogP contribution in [-0.2, 0) is 16.0 Å². The zero-order valence-electron chi connectivity index (χ0n) is 9.37. The van der Waals surface area contributed by atoms with Crippen LogP contribution in [-0.4, -0.2) is 26.8 Å². The molecule has 0 radical (unpaired) electrons. The van der Waals surface area contributed by atoms with Crippen molar-refractivity contribution in [2.75, 3.05) is 13.1 Å².